The van der Waals surface area contributed by atoms with Crippen LogP contribution in [0, 0.1) is 10.1 Å². The number of likely N-dealkylation sites (N-methyl/N-ethyl adjacent to an activating group) is 1. The predicted octanol–water partition coefficient (Wildman–Crippen LogP) is -0.286. The Morgan fingerprint density at radius 1 is 1.12 bits per heavy atom. The lowest BCUT2D eigenvalue weighted by Gasteiger charge is -2.31. The average molecular weight is 355 g/mol. The van der Waals surface area contributed by atoms with Crippen molar-refractivity contribution in [2.24, 2.45) is 0 Å². The molecule has 0 unspecified atom stereocenters. The van der Waals surface area contributed by atoms with Crippen LogP contribution in [0.5, 0.6) is 0 Å². The van der Waals surface area contributed by atoms with Crippen LogP contribution < -0.4 is 9.80 Å². The van der Waals surface area contributed by atoms with Crippen LogP contribution in [0.2, 0.25) is 0 Å². The van der Waals surface area contributed by atoms with Crippen LogP contribution in [0.4, 0.5) is 11.4 Å². The lowest BCUT2D eigenvalue weighted by Crippen LogP contribution is -3.12. The van der Waals surface area contributed by atoms with Gasteiger partial charge in [-0.1, -0.05) is 0 Å². The van der Waals surface area contributed by atoms with Gasteiger partial charge in [0.15, 0.2) is 0 Å². The second-order valence-corrected chi connectivity index (χ2v) is 8.40. The molecule has 2 saturated heterocycles. The maximum Gasteiger partial charge on any atom is 0.293 e. The summed E-state index contributed by atoms with van der Waals surface area (Å²) in [6.07, 6.45) is 1.67. The van der Waals surface area contributed by atoms with Gasteiger partial charge in [-0.3, -0.25) is 10.1 Å². The zero-order chi connectivity index (χ0) is 17.3. The van der Waals surface area contributed by atoms with E-state index < -0.39 is 14.9 Å². The molecule has 1 aromatic carbocycles. The molecule has 8 nitrogen and oxygen atoms in total. The van der Waals surface area contributed by atoms with Gasteiger partial charge in [0.05, 0.1) is 43.0 Å². The van der Waals surface area contributed by atoms with E-state index in [-0.39, 0.29) is 10.6 Å². The van der Waals surface area contributed by atoms with Crippen molar-refractivity contribution in [3.05, 3.63) is 28.3 Å². The fourth-order valence-corrected chi connectivity index (χ4v) is 4.82. The molecule has 0 spiro atoms. The first kappa shape index (κ1) is 17.1. The lowest BCUT2D eigenvalue weighted by molar-refractivity contribution is -0.880. The zero-order valence-electron chi connectivity index (χ0n) is 13.8. The smallest absolute Gasteiger partial charge is 0.293 e. The third-order valence-electron chi connectivity index (χ3n) is 4.80. The largest absolute Gasteiger partial charge is 0.355 e. The van der Waals surface area contributed by atoms with Crippen LogP contribution in [-0.4, -0.2) is 64.0 Å². The molecule has 9 heteroatoms. The third kappa shape index (κ3) is 3.24. The molecule has 2 heterocycles. The Morgan fingerprint density at radius 2 is 1.75 bits per heavy atom. The Hall–Kier alpha value is -1.71. The van der Waals surface area contributed by atoms with Gasteiger partial charge in [-0.25, -0.2) is 8.42 Å². The molecule has 0 aromatic heterocycles. The quantitative estimate of drug-likeness (QED) is 0.593. The minimum atomic E-state index is -3.64. The van der Waals surface area contributed by atoms with Crippen LogP contribution in [0.15, 0.2) is 23.1 Å². The standard InChI is InChI=1S/C15H22N4O4S/c1-16-8-10-17(11-9-16)14-5-4-13(12-15(14)19(20)21)24(22,23)18-6-2-3-7-18/h4-5,12H,2-3,6-11H2,1H3/p+1. The number of rotatable bonds is 4. The van der Waals surface area contributed by atoms with E-state index in [1.807, 2.05) is 4.90 Å². The monoisotopic (exact) mass is 355 g/mol. The fraction of sp³-hybridized carbons (Fsp3) is 0.600. The molecule has 0 bridgehead atoms. The highest BCUT2D eigenvalue weighted by Gasteiger charge is 2.31. The number of sulfonamides is 1. The molecule has 2 aliphatic rings. The molecule has 24 heavy (non-hydrogen) atoms. The fourth-order valence-electron chi connectivity index (χ4n) is 3.28. The van der Waals surface area contributed by atoms with Crippen molar-refractivity contribution in [3.63, 3.8) is 0 Å². The molecule has 3 rings (SSSR count). The summed E-state index contributed by atoms with van der Waals surface area (Å²) in [5, 5.41) is 11.5. The average Bonchev–Trinajstić information content (AvgIpc) is 3.10. The number of nitro groups is 1. The number of benzene rings is 1. The molecule has 2 aliphatic heterocycles. The second kappa shape index (κ2) is 6.66. The van der Waals surface area contributed by atoms with Crippen molar-refractivity contribution in [1.29, 1.82) is 0 Å². The van der Waals surface area contributed by atoms with Gasteiger partial charge in [0.2, 0.25) is 10.0 Å². The Kier molecular flexibility index (Phi) is 4.75. The summed E-state index contributed by atoms with van der Waals surface area (Å²) in [4.78, 5) is 14.4. The van der Waals surface area contributed by atoms with E-state index in [4.69, 9.17) is 0 Å². The lowest BCUT2D eigenvalue weighted by atomic mass is 10.2. The normalized spacial score (nSPS) is 20.5. The first-order valence-corrected chi connectivity index (χ1v) is 9.68. The topological polar surface area (TPSA) is 88.2 Å². The molecule has 1 aromatic rings. The first-order valence-electron chi connectivity index (χ1n) is 8.24. The van der Waals surface area contributed by atoms with Crippen LogP contribution in [0.3, 0.4) is 0 Å². The highest BCUT2D eigenvalue weighted by Crippen LogP contribution is 2.32. The SMILES string of the molecule is C[NH+]1CCN(c2ccc(S(=O)(=O)N3CCCC3)cc2[N+](=O)[O-])CC1. The van der Waals surface area contributed by atoms with Crippen molar-refractivity contribution in [1.82, 2.24) is 4.31 Å². The van der Waals surface area contributed by atoms with Crippen LogP contribution in [-0.2, 0) is 10.0 Å². The van der Waals surface area contributed by atoms with Crippen molar-refractivity contribution in [2.75, 3.05) is 51.2 Å². The van der Waals surface area contributed by atoms with Crippen LogP contribution in [0.25, 0.3) is 0 Å². The first-order chi connectivity index (χ1) is 11.4. The molecule has 0 radical (unpaired) electrons. The van der Waals surface area contributed by atoms with Gasteiger partial charge in [-0.15, -0.1) is 0 Å². The summed E-state index contributed by atoms with van der Waals surface area (Å²) in [5.41, 5.74) is 0.377. The molecule has 132 valence electrons. The van der Waals surface area contributed by atoms with Gasteiger partial charge in [0.1, 0.15) is 5.69 Å². The Bertz CT molecular complexity index is 723. The molecular formula is C15H23N4O4S+. The van der Waals surface area contributed by atoms with Gasteiger partial charge in [-0.2, -0.15) is 4.31 Å². The van der Waals surface area contributed by atoms with E-state index in [1.54, 1.807) is 6.07 Å². The molecule has 2 fully saturated rings. The van der Waals surface area contributed by atoms with E-state index in [1.165, 1.54) is 21.3 Å². The highest BCUT2D eigenvalue weighted by atomic mass is 32.2. The van der Waals surface area contributed by atoms with E-state index >= 15 is 0 Å². The third-order valence-corrected chi connectivity index (χ3v) is 6.70. The van der Waals surface area contributed by atoms with Crippen molar-refractivity contribution in [2.45, 2.75) is 17.7 Å². The summed E-state index contributed by atoms with van der Waals surface area (Å²) in [6, 6.07) is 4.30. The Morgan fingerprint density at radius 3 is 2.33 bits per heavy atom. The highest BCUT2D eigenvalue weighted by molar-refractivity contribution is 7.89. The number of hydrogen-bond donors (Lipinski definition) is 1. The number of nitrogens with zero attached hydrogens (tertiary/aromatic N) is 3. The van der Waals surface area contributed by atoms with E-state index in [9.17, 15) is 18.5 Å². The number of nitro benzene ring substituents is 1. The predicted molar refractivity (Wildman–Crippen MR) is 89.9 cm³/mol. The van der Waals surface area contributed by atoms with E-state index in [2.05, 4.69) is 7.05 Å². The summed E-state index contributed by atoms with van der Waals surface area (Å²) in [5.74, 6) is 0. The zero-order valence-corrected chi connectivity index (χ0v) is 14.6. The molecule has 1 N–H and O–H groups in total. The van der Waals surface area contributed by atoms with Gasteiger partial charge in [0.25, 0.3) is 5.69 Å². The number of hydrogen-bond acceptors (Lipinski definition) is 5. The van der Waals surface area contributed by atoms with Crippen molar-refractivity contribution >= 4 is 21.4 Å². The van der Waals surface area contributed by atoms with Crippen LogP contribution in [0.1, 0.15) is 12.8 Å². The number of nitrogens with one attached hydrogen (secondary N) is 1. The van der Waals surface area contributed by atoms with Crippen molar-refractivity contribution < 1.29 is 18.2 Å². The van der Waals surface area contributed by atoms with Crippen molar-refractivity contribution in [3.8, 4) is 0 Å². The maximum atomic E-state index is 12.6. The molecule has 0 atom stereocenters. The Labute approximate surface area is 141 Å². The summed E-state index contributed by atoms with van der Waals surface area (Å²) in [7, 11) is -1.55. The van der Waals surface area contributed by atoms with Gasteiger partial charge >= 0.3 is 0 Å². The summed E-state index contributed by atoms with van der Waals surface area (Å²) < 4.78 is 26.7. The second-order valence-electron chi connectivity index (χ2n) is 6.46. The minimum Gasteiger partial charge on any atom is -0.355 e. The van der Waals surface area contributed by atoms with E-state index in [0.717, 1.165) is 39.0 Å². The molecule has 0 aliphatic carbocycles. The molecule has 0 amide bonds. The molecular weight excluding hydrogens is 332 g/mol. The van der Waals surface area contributed by atoms with Gasteiger partial charge in [0, 0.05) is 19.2 Å². The molecule has 0 saturated carbocycles. The minimum absolute atomic E-state index is 0.0135. The van der Waals surface area contributed by atoms with E-state index in [0.29, 0.717) is 18.8 Å². The number of anilines is 1. The number of quaternary nitrogens is 1. The van der Waals surface area contributed by atoms with Gasteiger partial charge in [-0.05, 0) is 25.0 Å². The van der Waals surface area contributed by atoms with Crippen LogP contribution >= 0.6 is 0 Å². The van der Waals surface area contributed by atoms with Gasteiger partial charge < -0.3 is 9.80 Å². The summed E-state index contributed by atoms with van der Waals surface area (Å²) >= 11 is 0. The maximum absolute atomic E-state index is 12.6. The number of piperazine rings is 1. The Balaban J connectivity index is 1.94. The summed E-state index contributed by atoms with van der Waals surface area (Å²) in [6.45, 7) is 4.24.